The number of fused-ring (bicyclic) bond motifs is 1. The van der Waals surface area contributed by atoms with Gasteiger partial charge in [0.05, 0.1) is 11.6 Å². The van der Waals surface area contributed by atoms with Gasteiger partial charge in [-0.1, -0.05) is 12.1 Å². The number of carboxylic acids is 2. The molecule has 0 spiro atoms. The van der Waals surface area contributed by atoms with Crippen molar-refractivity contribution in [3.63, 3.8) is 0 Å². The number of nitrogens with two attached hydrogens (primary N) is 2. The summed E-state index contributed by atoms with van der Waals surface area (Å²) in [7, 11) is 0. The van der Waals surface area contributed by atoms with E-state index in [-0.39, 0.29) is 30.2 Å². The first-order valence-electron chi connectivity index (χ1n) is 9.38. The molecule has 3 aromatic rings. The number of anilines is 2. The highest BCUT2D eigenvalue weighted by molar-refractivity contribution is 5.96. The number of aryl methyl sites for hydroxylation is 2. The molecule has 0 fully saturated rings. The predicted octanol–water partition coefficient (Wildman–Crippen LogP) is 1.22. The second-order valence-electron chi connectivity index (χ2n) is 6.90. The number of carbonyl (C=O) groups is 3. The first kappa shape index (κ1) is 21.6. The van der Waals surface area contributed by atoms with Crippen LogP contribution in [0.5, 0.6) is 0 Å². The number of carboxylic acid groups (broad SMARTS) is 2. The second-order valence-corrected chi connectivity index (χ2v) is 6.90. The zero-order valence-electron chi connectivity index (χ0n) is 16.4. The molecule has 7 N–H and O–H groups in total. The van der Waals surface area contributed by atoms with Gasteiger partial charge in [0.1, 0.15) is 11.9 Å². The molecule has 1 atom stereocenters. The number of amides is 1. The first-order valence-corrected chi connectivity index (χ1v) is 9.38. The summed E-state index contributed by atoms with van der Waals surface area (Å²) in [4.78, 5) is 42.1. The number of benzene rings is 1. The van der Waals surface area contributed by atoms with Crippen LogP contribution in [0.1, 0.15) is 34.3 Å². The fourth-order valence-electron chi connectivity index (χ4n) is 3.10. The molecule has 1 aromatic carbocycles. The SMILES string of the molecule is Nc1nc(N)c2c(CCc3ccc(C(=O)N[C@H](CCC(=O)O)C(=O)O)cc3)coc2n1. The van der Waals surface area contributed by atoms with E-state index in [2.05, 4.69) is 15.3 Å². The molecule has 0 unspecified atom stereocenters. The van der Waals surface area contributed by atoms with Crippen LogP contribution in [0.4, 0.5) is 11.8 Å². The summed E-state index contributed by atoms with van der Waals surface area (Å²) in [6, 6.07) is 5.38. The normalized spacial score (nSPS) is 11.9. The Kier molecular flexibility index (Phi) is 6.34. The maximum atomic E-state index is 12.3. The Labute approximate surface area is 176 Å². The number of furan rings is 1. The molecule has 0 aliphatic carbocycles. The predicted molar refractivity (Wildman–Crippen MR) is 110 cm³/mol. The molecular weight excluding hydrogens is 406 g/mol. The average molecular weight is 427 g/mol. The van der Waals surface area contributed by atoms with Gasteiger partial charge in [0, 0.05) is 17.5 Å². The molecule has 0 saturated carbocycles. The summed E-state index contributed by atoms with van der Waals surface area (Å²) in [5, 5.41) is 20.8. The molecule has 0 saturated heterocycles. The van der Waals surface area contributed by atoms with Crippen molar-refractivity contribution in [2.45, 2.75) is 31.7 Å². The van der Waals surface area contributed by atoms with Gasteiger partial charge >= 0.3 is 11.9 Å². The zero-order valence-corrected chi connectivity index (χ0v) is 16.4. The number of nitrogens with one attached hydrogen (secondary N) is 1. The highest BCUT2D eigenvalue weighted by atomic mass is 16.4. The van der Waals surface area contributed by atoms with Crippen LogP contribution in [0, 0.1) is 0 Å². The molecule has 11 nitrogen and oxygen atoms in total. The van der Waals surface area contributed by atoms with Crippen LogP contribution >= 0.6 is 0 Å². The number of hydrogen-bond acceptors (Lipinski definition) is 8. The van der Waals surface area contributed by atoms with Gasteiger partial charge < -0.3 is 31.4 Å². The Morgan fingerprint density at radius 3 is 2.42 bits per heavy atom. The molecule has 31 heavy (non-hydrogen) atoms. The van der Waals surface area contributed by atoms with Crippen molar-refractivity contribution in [3.05, 3.63) is 47.2 Å². The van der Waals surface area contributed by atoms with Gasteiger partial charge in [-0.3, -0.25) is 9.59 Å². The summed E-state index contributed by atoms with van der Waals surface area (Å²) >= 11 is 0. The van der Waals surface area contributed by atoms with Crippen molar-refractivity contribution in [1.82, 2.24) is 15.3 Å². The van der Waals surface area contributed by atoms with Crippen molar-refractivity contribution in [3.8, 4) is 0 Å². The molecule has 3 rings (SSSR count). The van der Waals surface area contributed by atoms with Crippen LogP contribution < -0.4 is 16.8 Å². The highest BCUT2D eigenvalue weighted by Gasteiger charge is 2.21. The molecule has 162 valence electrons. The van der Waals surface area contributed by atoms with Gasteiger partial charge in [-0.2, -0.15) is 9.97 Å². The number of carbonyl (C=O) groups excluding carboxylic acids is 1. The van der Waals surface area contributed by atoms with E-state index in [4.69, 9.17) is 26.1 Å². The van der Waals surface area contributed by atoms with Crippen LogP contribution in [0.3, 0.4) is 0 Å². The third kappa shape index (κ3) is 5.26. The van der Waals surface area contributed by atoms with Crippen molar-refractivity contribution in [2.75, 3.05) is 11.5 Å². The average Bonchev–Trinajstić information content (AvgIpc) is 3.12. The monoisotopic (exact) mass is 427 g/mol. The summed E-state index contributed by atoms with van der Waals surface area (Å²) < 4.78 is 5.39. The Balaban J connectivity index is 1.63. The van der Waals surface area contributed by atoms with Crippen molar-refractivity contribution in [2.24, 2.45) is 0 Å². The Morgan fingerprint density at radius 1 is 1.06 bits per heavy atom. The molecule has 1 amide bonds. The van der Waals surface area contributed by atoms with Gasteiger partial charge in [-0.15, -0.1) is 0 Å². The number of rotatable bonds is 9. The van der Waals surface area contributed by atoms with E-state index in [1.54, 1.807) is 30.5 Å². The number of nitrogen functional groups attached to an aromatic ring is 2. The molecular formula is C20H21N5O6. The van der Waals surface area contributed by atoms with Gasteiger partial charge in [0.2, 0.25) is 11.7 Å². The minimum Gasteiger partial charge on any atom is -0.481 e. The lowest BCUT2D eigenvalue weighted by Crippen LogP contribution is -2.41. The van der Waals surface area contributed by atoms with Crippen molar-refractivity contribution in [1.29, 1.82) is 0 Å². The maximum absolute atomic E-state index is 12.3. The smallest absolute Gasteiger partial charge is 0.326 e. The standard InChI is InChI=1S/C20H21N5O6/c21-16-15-12(9-31-18(15)25-20(22)24-16)6-3-10-1-4-11(5-2-10)17(28)23-13(19(29)30)7-8-14(26)27/h1-2,4-5,9,13H,3,6-8H2,(H,23,28)(H,26,27)(H,29,30)(H4,21,22,24,25)/t13-/m1/s1. The van der Waals surface area contributed by atoms with E-state index in [0.29, 0.717) is 23.9 Å². The van der Waals surface area contributed by atoms with Crippen LogP contribution in [-0.4, -0.2) is 44.1 Å². The van der Waals surface area contributed by atoms with E-state index in [0.717, 1.165) is 11.1 Å². The second kappa shape index (κ2) is 9.11. The Morgan fingerprint density at radius 2 is 1.77 bits per heavy atom. The minimum atomic E-state index is -1.29. The van der Waals surface area contributed by atoms with Crippen LogP contribution in [-0.2, 0) is 22.4 Å². The number of aromatic nitrogens is 2. The van der Waals surface area contributed by atoms with E-state index in [1.807, 2.05) is 0 Å². The van der Waals surface area contributed by atoms with Gasteiger partial charge in [0.15, 0.2) is 0 Å². The third-order valence-corrected chi connectivity index (χ3v) is 4.70. The van der Waals surface area contributed by atoms with Crippen LogP contribution in [0.2, 0.25) is 0 Å². The van der Waals surface area contributed by atoms with Crippen molar-refractivity contribution < 1.29 is 29.0 Å². The summed E-state index contributed by atoms with van der Waals surface area (Å²) in [6.45, 7) is 0. The molecule has 11 heteroatoms. The Bertz CT molecular complexity index is 1130. The van der Waals surface area contributed by atoms with Gasteiger partial charge in [-0.05, 0) is 37.0 Å². The lowest BCUT2D eigenvalue weighted by Gasteiger charge is -2.13. The summed E-state index contributed by atoms with van der Waals surface area (Å²) in [5.74, 6) is -2.73. The van der Waals surface area contributed by atoms with Crippen LogP contribution in [0.15, 0.2) is 34.9 Å². The molecule has 2 heterocycles. The topological polar surface area (TPSA) is 195 Å². The van der Waals surface area contributed by atoms with Crippen LogP contribution in [0.25, 0.3) is 11.1 Å². The number of hydrogen-bond donors (Lipinski definition) is 5. The number of nitrogens with zero attached hydrogens (tertiary/aromatic N) is 2. The number of aliphatic carboxylic acids is 2. The fourth-order valence-corrected chi connectivity index (χ4v) is 3.10. The van der Waals surface area contributed by atoms with Crippen molar-refractivity contribution >= 4 is 40.7 Å². The quantitative estimate of drug-likeness (QED) is 0.331. The van der Waals surface area contributed by atoms with Gasteiger partial charge in [0.25, 0.3) is 5.91 Å². The fraction of sp³-hybridized carbons (Fsp3) is 0.250. The summed E-state index contributed by atoms with van der Waals surface area (Å²) in [5.41, 5.74) is 13.8. The highest BCUT2D eigenvalue weighted by Crippen LogP contribution is 2.26. The van der Waals surface area contributed by atoms with E-state index < -0.39 is 23.9 Å². The molecule has 0 aliphatic heterocycles. The largest absolute Gasteiger partial charge is 0.481 e. The zero-order chi connectivity index (χ0) is 22.5. The van der Waals surface area contributed by atoms with E-state index >= 15 is 0 Å². The van der Waals surface area contributed by atoms with E-state index in [9.17, 15) is 14.4 Å². The first-order chi connectivity index (χ1) is 14.7. The minimum absolute atomic E-state index is 0.0351. The molecule has 0 bridgehead atoms. The lowest BCUT2D eigenvalue weighted by molar-refractivity contribution is -0.140. The molecule has 2 aromatic heterocycles. The maximum Gasteiger partial charge on any atom is 0.326 e. The lowest BCUT2D eigenvalue weighted by atomic mass is 10.0. The summed E-state index contributed by atoms with van der Waals surface area (Å²) in [6.07, 6.45) is 2.20. The molecule has 0 aliphatic rings. The van der Waals surface area contributed by atoms with Gasteiger partial charge in [-0.25, -0.2) is 4.79 Å². The molecule has 0 radical (unpaired) electrons. The third-order valence-electron chi connectivity index (χ3n) is 4.70. The van der Waals surface area contributed by atoms with E-state index in [1.165, 1.54) is 0 Å². The Hall–Kier alpha value is -4.15.